The fraction of sp³-hybridized carbons (Fsp3) is 0.467. The van der Waals surface area contributed by atoms with Crippen LogP contribution >= 0.6 is 0 Å². The van der Waals surface area contributed by atoms with E-state index < -0.39 is 0 Å². The van der Waals surface area contributed by atoms with Crippen LogP contribution in [-0.4, -0.2) is 11.2 Å². The van der Waals surface area contributed by atoms with Crippen LogP contribution in [0.3, 0.4) is 0 Å². The number of aliphatic hydroxyl groups excluding tert-OH is 1. The van der Waals surface area contributed by atoms with Crippen LogP contribution in [-0.2, 0) is 0 Å². The molecule has 1 nitrogen and oxygen atoms in total. The maximum atomic E-state index is 10.0. The van der Waals surface area contributed by atoms with E-state index in [1.54, 1.807) is 0 Å². The molecule has 82 valence electrons. The fourth-order valence-corrected chi connectivity index (χ4v) is 3.14. The van der Waals surface area contributed by atoms with Gasteiger partial charge in [-0.3, -0.25) is 0 Å². The number of aliphatic hydroxyl groups is 1. The lowest BCUT2D eigenvalue weighted by Crippen LogP contribution is -2.28. The van der Waals surface area contributed by atoms with Gasteiger partial charge in [-0.2, -0.15) is 0 Å². The monoisotopic (exact) mass is 212 g/mol. The maximum absolute atomic E-state index is 10.0. The first-order chi connectivity index (χ1) is 7.78. The molecule has 2 aliphatic rings. The first kappa shape index (κ1) is 9.93. The third kappa shape index (κ3) is 1.54. The zero-order valence-corrected chi connectivity index (χ0v) is 9.32. The van der Waals surface area contributed by atoms with E-state index in [4.69, 9.17) is 0 Å². The first-order valence-electron chi connectivity index (χ1n) is 6.05. The molecule has 2 bridgehead atoms. The molecule has 16 heavy (non-hydrogen) atoms. The van der Waals surface area contributed by atoms with Crippen molar-refractivity contribution in [2.75, 3.05) is 0 Å². The van der Waals surface area contributed by atoms with Gasteiger partial charge in [-0.25, -0.2) is 0 Å². The molecule has 0 heterocycles. The average molecular weight is 212 g/mol. The number of hydrogen-bond acceptors (Lipinski definition) is 1. The standard InChI is InChI=1S/C15H16O/c16-14-10-13-7-9-15(14,11-13)8-6-12-4-2-1-3-5-12/h1-5,13-14,16H,7,9-11H2. The number of benzene rings is 1. The van der Waals surface area contributed by atoms with E-state index in [-0.39, 0.29) is 11.5 Å². The van der Waals surface area contributed by atoms with Gasteiger partial charge in [0.25, 0.3) is 0 Å². The highest BCUT2D eigenvalue weighted by atomic mass is 16.3. The van der Waals surface area contributed by atoms with Gasteiger partial charge in [-0.05, 0) is 43.7 Å². The molecular formula is C15H16O. The Morgan fingerprint density at radius 3 is 2.69 bits per heavy atom. The second-order valence-electron chi connectivity index (χ2n) is 5.13. The third-order valence-corrected chi connectivity index (χ3v) is 4.08. The summed E-state index contributed by atoms with van der Waals surface area (Å²) in [5.41, 5.74) is 0.972. The van der Waals surface area contributed by atoms with E-state index in [0.29, 0.717) is 0 Å². The minimum atomic E-state index is -0.192. The molecule has 2 saturated carbocycles. The highest BCUT2D eigenvalue weighted by molar-refractivity contribution is 5.36. The Hall–Kier alpha value is -1.26. The minimum Gasteiger partial charge on any atom is -0.392 e. The van der Waals surface area contributed by atoms with Crippen molar-refractivity contribution in [3.05, 3.63) is 35.9 Å². The van der Waals surface area contributed by atoms with Crippen LogP contribution in [0, 0.1) is 23.2 Å². The summed E-state index contributed by atoms with van der Waals surface area (Å²) in [6, 6.07) is 10.1. The van der Waals surface area contributed by atoms with Gasteiger partial charge in [-0.1, -0.05) is 30.0 Å². The summed E-state index contributed by atoms with van der Waals surface area (Å²) in [7, 11) is 0. The first-order valence-corrected chi connectivity index (χ1v) is 6.05. The van der Waals surface area contributed by atoms with Gasteiger partial charge in [0.05, 0.1) is 11.5 Å². The van der Waals surface area contributed by atoms with Crippen LogP contribution in [0.4, 0.5) is 0 Å². The lowest BCUT2D eigenvalue weighted by atomic mass is 9.82. The van der Waals surface area contributed by atoms with Crippen LogP contribution in [0.25, 0.3) is 0 Å². The molecule has 2 fully saturated rings. The highest BCUT2D eigenvalue weighted by Gasteiger charge is 2.50. The van der Waals surface area contributed by atoms with Crippen molar-refractivity contribution >= 4 is 0 Å². The Balaban J connectivity index is 1.87. The Labute approximate surface area is 96.5 Å². The summed E-state index contributed by atoms with van der Waals surface area (Å²) >= 11 is 0. The van der Waals surface area contributed by atoms with Crippen LogP contribution in [0.2, 0.25) is 0 Å². The largest absolute Gasteiger partial charge is 0.392 e. The van der Waals surface area contributed by atoms with Crippen LogP contribution in [0.15, 0.2) is 30.3 Å². The molecule has 2 aliphatic carbocycles. The third-order valence-electron chi connectivity index (χ3n) is 4.08. The number of rotatable bonds is 0. The van der Waals surface area contributed by atoms with Gasteiger partial charge in [0.1, 0.15) is 0 Å². The Morgan fingerprint density at radius 1 is 1.25 bits per heavy atom. The molecule has 0 aromatic heterocycles. The van der Waals surface area contributed by atoms with E-state index in [9.17, 15) is 5.11 Å². The molecular weight excluding hydrogens is 196 g/mol. The van der Waals surface area contributed by atoms with Crippen LogP contribution in [0.5, 0.6) is 0 Å². The molecule has 0 aliphatic heterocycles. The molecule has 1 aromatic rings. The van der Waals surface area contributed by atoms with Crippen LogP contribution < -0.4 is 0 Å². The number of hydrogen-bond donors (Lipinski definition) is 1. The zero-order valence-electron chi connectivity index (χ0n) is 9.32. The minimum absolute atomic E-state index is 0.0828. The summed E-state index contributed by atoms with van der Waals surface area (Å²) < 4.78 is 0. The van der Waals surface area contributed by atoms with Crippen LogP contribution in [0.1, 0.15) is 31.2 Å². The molecule has 0 spiro atoms. The van der Waals surface area contributed by atoms with Crippen molar-refractivity contribution in [1.29, 1.82) is 0 Å². The molecule has 0 saturated heterocycles. The Kier molecular flexibility index (Phi) is 2.26. The van der Waals surface area contributed by atoms with Crippen molar-refractivity contribution in [1.82, 2.24) is 0 Å². The van der Waals surface area contributed by atoms with E-state index in [1.807, 2.05) is 30.3 Å². The summed E-state index contributed by atoms with van der Waals surface area (Å²) in [6.07, 6.45) is 4.21. The van der Waals surface area contributed by atoms with Crippen molar-refractivity contribution in [3.8, 4) is 11.8 Å². The molecule has 1 heteroatoms. The van der Waals surface area contributed by atoms with Gasteiger partial charge >= 0.3 is 0 Å². The second-order valence-corrected chi connectivity index (χ2v) is 5.13. The van der Waals surface area contributed by atoms with Gasteiger partial charge in [0.2, 0.25) is 0 Å². The van der Waals surface area contributed by atoms with Crippen molar-refractivity contribution in [2.24, 2.45) is 11.3 Å². The topological polar surface area (TPSA) is 20.2 Å². The normalized spacial score (nSPS) is 35.8. The Bertz CT molecular complexity index is 439. The maximum Gasteiger partial charge on any atom is 0.0708 e. The second kappa shape index (κ2) is 3.64. The molecule has 3 unspecified atom stereocenters. The predicted octanol–water partition coefficient (Wildman–Crippen LogP) is 2.59. The molecule has 3 rings (SSSR count). The molecule has 3 atom stereocenters. The molecule has 1 N–H and O–H groups in total. The Morgan fingerprint density at radius 2 is 2.06 bits per heavy atom. The predicted molar refractivity (Wildman–Crippen MR) is 63.7 cm³/mol. The average Bonchev–Trinajstić information content (AvgIpc) is 2.85. The SMILES string of the molecule is OC1CC2CCC1(C#Cc1ccccc1)C2. The van der Waals surface area contributed by atoms with E-state index in [0.717, 1.165) is 30.7 Å². The van der Waals surface area contributed by atoms with Crippen molar-refractivity contribution in [2.45, 2.75) is 31.8 Å². The van der Waals surface area contributed by atoms with Gasteiger partial charge < -0.3 is 5.11 Å². The fourth-order valence-electron chi connectivity index (χ4n) is 3.14. The number of fused-ring (bicyclic) bond motifs is 2. The van der Waals surface area contributed by atoms with Gasteiger partial charge in [-0.15, -0.1) is 0 Å². The summed E-state index contributed by atoms with van der Waals surface area (Å²) in [5.74, 6) is 7.30. The van der Waals surface area contributed by atoms with E-state index in [2.05, 4.69) is 11.8 Å². The van der Waals surface area contributed by atoms with Crippen molar-refractivity contribution < 1.29 is 5.11 Å². The van der Waals surface area contributed by atoms with Gasteiger partial charge in [0, 0.05) is 5.56 Å². The summed E-state index contributed by atoms with van der Waals surface area (Å²) in [4.78, 5) is 0. The van der Waals surface area contributed by atoms with Gasteiger partial charge in [0.15, 0.2) is 0 Å². The zero-order chi connectivity index (χ0) is 11.0. The summed E-state index contributed by atoms with van der Waals surface area (Å²) in [6.45, 7) is 0. The lowest BCUT2D eigenvalue weighted by molar-refractivity contribution is 0.0775. The smallest absolute Gasteiger partial charge is 0.0708 e. The van der Waals surface area contributed by atoms with E-state index >= 15 is 0 Å². The molecule has 1 aromatic carbocycles. The molecule has 0 amide bonds. The highest BCUT2D eigenvalue weighted by Crippen LogP contribution is 2.53. The van der Waals surface area contributed by atoms with Crippen molar-refractivity contribution in [3.63, 3.8) is 0 Å². The summed E-state index contributed by atoms with van der Waals surface area (Å²) in [5, 5.41) is 10.0. The van der Waals surface area contributed by atoms with E-state index in [1.165, 1.54) is 6.42 Å². The molecule has 0 radical (unpaired) electrons. The lowest BCUT2D eigenvalue weighted by Gasteiger charge is -2.25. The quantitative estimate of drug-likeness (QED) is 0.655.